The minimum Gasteiger partial charge on any atom is -0.489 e. The molecule has 6 rings (SSSR count). The van der Waals surface area contributed by atoms with Crippen LogP contribution in [0.4, 0.5) is 13.2 Å². The van der Waals surface area contributed by atoms with Gasteiger partial charge in [0.05, 0.1) is 5.56 Å². The molecule has 3 amide bonds. The van der Waals surface area contributed by atoms with Gasteiger partial charge in [-0.3, -0.25) is 29.6 Å². The highest BCUT2D eigenvalue weighted by Crippen LogP contribution is 2.38. The highest BCUT2D eigenvalue weighted by Gasteiger charge is 2.42. The SMILES string of the molecule is O=C1CCC(N2Cc3cc(O[C@H]4CCCC[C@@H]4N4CC(c5cncc(C(F)(F)F)c5)C4)ccc3C2=O)C(=O)N1. The fourth-order valence-corrected chi connectivity index (χ4v) is 6.26. The minimum atomic E-state index is -4.41. The Kier molecular flexibility index (Phi) is 6.57. The average molecular weight is 543 g/mol. The Morgan fingerprint density at radius 1 is 1.00 bits per heavy atom. The molecular formula is C28H29F3N4O4. The molecule has 1 aromatic heterocycles. The van der Waals surface area contributed by atoms with Crippen molar-refractivity contribution >= 4 is 17.7 Å². The number of carbonyl (C=O) groups excluding carboxylic acids is 3. The number of rotatable bonds is 5. The van der Waals surface area contributed by atoms with Crippen molar-refractivity contribution in [2.75, 3.05) is 13.1 Å². The second-order valence-corrected chi connectivity index (χ2v) is 10.9. The molecule has 1 aliphatic carbocycles. The van der Waals surface area contributed by atoms with Gasteiger partial charge in [0.15, 0.2) is 0 Å². The monoisotopic (exact) mass is 542 g/mol. The van der Waals surface area contributed by atoms with E-state index < -0.39 is 23.7 Å². The van der Waals surface area contributed by atoms with Gasteiger partial charge in [0, 0.05) is 56.0 Å². The molecule has 4 heterocycles. The van der Waals surface area contributed by atoms with Gasteiger partial charge in [-0.25, -0.2) is 0 Å². The molecule has 3 atom stereocenters. The van der Waals surface area contributed by atoms with Crippen LogP contribution in [-0.4, -0.2) is 63.8 Å². The van der Waals surface area contributed by atoms with Gasteiger partial charge in [-0.2, -0.15) is 13.2 Å². The van der Waals surface area contributed by atoms with E-state index in [1.807, 2.05) is 6.07 Å². The third kappa shape index (κ3) is 4.99. The second-order valence-electron chi connectivity index (χ2n) is 10.9. The van der Waals surface area contributed by atoms with Crippen LogP contribution < -0.4 is 10.1 Å². The third-order valence-electron chi connectivity index (χ3n) is 8.39. The van der Waals surface area contributed by atoms with Crippen LogP contribution in [0.3, 0.4) is 0 Å². The zero-order valence-electron chi connectivity index (χ0n) is 21.2. The van der Waals surface area contributed by atoms with Gasteiger partial charge in [-0.15, -0.1) is 0 Å². The number of amides is 3. The average Bonchev–Trinajstić information content (AvgIpc) is 3.19. The Bertz CT molecular complexity index is 1310. The molecular weight excluding hydrogens is 513 g/mol. The van der Waals surface area contributed by atoms with Gasteiger partial charge >= 0.3 is 6.18 Å². The number of benzene rings is 1. The Labute approximate surface area is 223 Å². The standard InChI is InChI=1S/C28H29F3N4O4/c29-28(30,31)19-9-16(11-32-12-19)18-13-34(14-18)22-3-1-2-4-24(22)39-20-5-6-21-17(10-20)15-35(27(21)38)23-7-8-25(36)33-26(23)37/h5-6,9-12,18,22-24H,1-4,7-8,13-15H2,(H,33,36,37)/t22-,23?,24-/m0/s1. The normalized spacial score (nSPS) is 26.3. The highest BCUT2D eigenvalue weighted by atomic mass is 19.4. The van der Waals surface area contributed by atoms with Crippen molar-refractivity contribution in [3.63, 3.8) is 0 Å². The molecule has 2 aromatic rings. The van der Waals surface area contributed by atoms with E-state index in [0.717, 1.165) is 37.4 Å². The fraction of sp³-hybridized carbons (Fsp3) is 0.500. The molecule has 0 spiro atoms. The summed E-state index contributed by atoms with van der Waals surface area (Å²) in [6, 6.07) is 6.07. The van der Waals surface area contributed by atoms with Crippen LogP contribution in [0.25, 0.3) is 0 Å². The molecule has 3 aliphatic heterocycles. The van der Waals surface area contributed by atoms with E-state index in [0.29, 0.717) is 36.4 Å². The first-order chi connectivity index (χ1) is 18.7. The molecule has 3 fully saturated rings. The quantitative estimate of drug-likeness (QED) is 0.580. The summed E-state index contributed by atoms with van der Waals surface area (Å²) in [6.45, 7) is 1.60. The molecule has 206 valence electrons. The predicted octanol–water partition coefficient (Wildman–Crippen LogP) is 3.65. The van der Waals surface area contributed by atoms with Crippen LogP contribution >= 0.6 is 0 Å². The molecule has 0 radical (unpaired) electrons. The maximum absolute atomic E-state index is 13.1. The summed E-state index contributed by atoms with van der Waals surface area (Å²) >= 11 is 0. The number of nitrogens with zero attached hydrogens (tertiary/aromatic N) is 3. The molecule has 1 aromatic carbocycles. The number of fused-ring (bicyclic) bond motifs is 1. The zero-order valence-corrected chi connectivity index (χ0v) is 21.2. The molecule has 0 bridgehead atoms. The Morgan fingerprint density at radius 2 is 1.79 bits per heavy atom. The largest absolute Gasteiger partial charge is 0.489 e. The maximum Gasteiger partial charge on any atom is 0.417 e. The molecule has 8 nitrogen and oxygen atoms in total. The lowest BCUT2D eigenvalue weighted by molar-refractivity contribution is -0.138. The van der Waals surface area contributed by atoms with Crippen LogP contribution in [0.1, 0.15) is 71.5 Å². The van der Waals surface area contributed by atoms with Crippen LogP contribution in [-0.2, 0) is 22.3 Å². The van der Waals surface area contributed by atoms with Crippen molar-refractivity contribution in [3.8, 4) is 5.75 Å². The van der Waals surface area contributed by atoms with E-state index in [4.69, 9.17) is 4.74 Å². The van der Waals surface area contributed by atoms with Crippen LogP contribution in [0.5, 0.6) is 5.75 Å². The molecule has 11 heteroatoms. The molecule has 1 N–H and O–H groups in total. The number of carbonyl (C=O) groups is 3. The van der Waals surface area contributed by atoms with Crippen LogP contribution in [0.2, 0.25) is 0 Å². The summed E-state index contributed by atoms with van der Waals surface area (Å²) in [5, 5.41) is 2.31. The molecule has 1 saturated carbocycles. The smallest absolute Gasteiger partial charge is 0.417 e. The van der Waals surface area contributed by atoms with E-state index in [9.17, 15) is 27.6 Å². The van der Waals surface area contributed by atoms with Gasteiger partial charge in [0.25, 0.3) is 5.91 Å². The minimum absolute atomic E-state index is 0.00616. The van der Waals surface area contributed by atoms with Gasteiger partial charge in [0.1, 0.15) is 17.9 Å². The number of aromatic nitrogens is 1. The number of imide groups is 1. The van der Waals surface area contributed by atoms with Crippen molar-refractivity contribution < 1.29 is 32.3 Å². The molecule has 39 heavy (non-hydrogen) atoms. The molecule has 2 saturated heterocycles. The van der Waals surface area contributed by atoms with Crippen molar-refractivity contribution in [2.24, 2.45) is 0 Å². The molecule has 1 unspecified atom stereocenters. The van der Waals surface area contributed by atoms with Gasteiger partial charge in [0.2, 0.25) is 11.8 Å². The first-order valence-electron chi connectivity index (χ1n) is 13.4. The van der Waals surface area contributed by atoms with Crippen LogP contribution in [0.15, 0.2) is 36.7 Å². The topological polar surface area (TPSA) is 91.8 Å². The van der Waals surface area contributed by atoms with Gasteiger partial charge in [-0.1, -0.05) is 6.42 Å². The lowest BCUT2D eigenvalue weighted by atomic mass is 9.84. The summed E-state index contributed by atoms with van der Waals surface area (Å²) in [6.07, 6.45) is 2.34. The lowest BCUT2D eigenvalue weighted by Crippen LogP contribution is -2.57. The Hall–Kier alpha value is -3.47. The number of pyridine rings is 1. The van der Waals surface area contributed by atoms with Crippen molar-refractivity contribution in [2.45, 2.75) is 75.4 Å². The second kappa shape index (κ2) is 9.93. The van der Waals surface area contributed by atoms with E-state index in [2.05, 4.69) is 15.2 Å². The zero-order chi connectivity index (χ0) is 27.3. The van der Waals surface area contributed by atoms with Crippen molar-refractivity contribution in [3.05, 3.63) is 58.9 Å². The predicted molar refractivity (Wildman–Crippen MR) is 133 cm³/mol. The van der Waals surface area contributed by atoms with E-state index in [-0.39, 0.29) is 42.8 Å². The van der Waals surface area contributed by atoms with Crippen molar-refractivity contribution in [1.29, 1.82) is 0 Å². The summed E-state index contributed by atoms with van der Waals surface area (Å²) in [5.74, 6) is -0.326. The number of ether oxygens (including phenoxy) is 1. The lowest BCUT2D eigenvalue weighted by Gasteiger charge is -2.48. The van der Waals surface area contributed by atoms with E-state index in [1.54, 1.807) is 12.1 Å². The fourth-order valence-electron chi connectivity index (χ4n) is 6.26. The number of hydrogen-bond acceptors (Lipinski definition) is 6. The Morgan fingerprint density at radius 3 is 2.56 bits per heavy atom. The first kappa shape index (κ1) is 25.8. The number of likely N-dealkylation sites (tertiary alicyclic amines) is 1. The number of halogens is 3. The number of hydrogen-bond donors (Lipinski definition) is 1. The number of piperidine rings is 1. The van der Waals surface area contributed by atoms with Gasteiger partial charge in [-0.05, 0) is 61.1 Å². The Balaban J connectivity index is 1.11. The summed E-state index contributed by atoms with van der Waals surface area (Å²) < 4.78 is 45.8. The van der Waals surface area contributed by atoms with Crippen molar-refractivity contribution in [1.82, 2.24) is 20.1 Å². The number of alkyl halides is 3. The third-order valence-corrected chi connectivity index (χ3v) is 8.39. The summed E-state index contributed by atoms with van der Waals surface area (Å²) in [5.41, 5.74) is 1.21. The number of nitrogens with one attached hydrogen (secondary N) is 1. The first-order valence-corrected chi connectivity index (χ1v) is 13.4. The van der Waals surface area contributed by atoms with Crippen LogP contribution in [0, 0.1) is 0 Å². The van der Waals surface area contributed by atoms with E-state index >= 15 is 0 Å². The van der Waals surface area contributed by atoms with Gasteiger partial charge < -0.3 is 9.64 Å². The highest BCUT2D eigenvalue weighted by molar-refractivity contribution is 6.05. The summed E-state index contributed by atoms with van der Waals surface area (Å²) in [7, 11) is 0. The van der Waals surface area contributed by atoms with E-state index in [1.165, 1.54) is 17.2 Å². The maximum atomic E-state index is 13.1. The summed E-state index contributed by atoms with van der Waals surface area (Å²) in [4.78, 5) is 44.4. The molecule has 4 aliphatic rings.